The SMILES string of the molecule is CC(C)(C)C(=O)C[C@@H](CC1CCCCC1)[C@@H](O)CCC(=O)N(Cc1ccc(OCc2ccccc2)cc1)[C@H]1c2ccccc2C[C@H]1O. The number of ketones is 1. The molecule has 0 aliphatic heterocycles. The van der Waals surface area contributed by atoms with E-state index in [1.807, 2.05) is 99.6 Å². The summed E-state index contributed by atoms with van der Waals surface area (Å²) in [6, 6.07) is 25.3. The van der Waals surface area contributed by atoms with Crippen molar-refractivity contribution >= 4 is 11.7 Å². The number of fused-ring (bicyclic) bond motifs is 1. The van der Waals surface area contributed by atoms with Crippen LogP contribution in [-0.2, 0) is 29.2 Å². The Morgan fingerprint density at radius 3 is 2.28 bits per heavy atom. The van der Waals surface area contributed by atoms with Crippen LogP contribution in [0, 0.1) is 17.3 Å². The molecule has 0 bridgehead atoms. The molecule has 3 aromatic rings. The lowest BCUT2D eigenvalue weighted by molar-refractivity contribution is -0.137. The molecule has 4 atom stereocenters. The molecule has 0 heterocycles. The number of benzene rings is 3. The number of hydrogen-bond acceptors (Lipinski definition) is 5. The Kier molecular flexibility index (Phi) is 11.9. The number of hydrogen-bond donors (Lipinski definition) is 2. The maximum atomic E-state index is 14.1. The first kappa shape index (κ1) is 34.8. The predicted octanol–water partition coefficient (Wildman–Crippen LogP) is 7.99. The molecule has 2 aliphatic rings. The molecule has 0 spiro atoms. The van der Waals surface area contributed by atoms with Gasteiger partial charge in [-0.05, 0) is 59.1 Å². The molecule has 2 aliphatic carbocycles. The van der Waals surface area contributed by atoms with E-state index in [-0.39, 0.29) is 24.0 Å². The van der Waals surface area contributed by atoms with E-state index in [2.05, 4.69) is 0 Å². The molecule has 0 saturated heterocycles. The Bertz CT molecular complexity index is 1440. The minimum atomic E-state index is -0.740. The number of ether oxygens (including phenoxy) is 1. The lowest BCUT2D eigenvalue weighted by atomic mass is 9.76. The third-order valence-electron chi connectivity index (χ3n) is 10.2. The highest BCUT2D eigenvalue weighted by Crippen LogP contribution is 2.38. The molecular weight excluding hydrogens is 586 g/mol. The Balaban J connectivity index is 1.29. The molecule has 1 saturated carbocycles. The van der Waals surface area contributed by atoms with Gasteiger partial charge < -0.3 is 19.8 Å². The zero-order valence-electron chi connectivity index (χ0n) is 28.4. The second-order valence-corrected chi connectivity index (χ2v) is 14.8. The van der Waals surface area contributed by atoms with Crippen molar-refractivity contribution < 1.29 is 24.5 Å². The largest absolute Gasteiger partial charge is 0.489 e. The summed E-state index contributed by atoms with van der Waals surface area (Å²) in [6.45, 7) is 6.62. The number of carbonyl (C=O) groups is 2. The first-order valence-electron chi connectivity index (χ1n) is 17.6. The molecule has 6 heteroatoms. The zero-order chi connectivity index (χ0) is 33.4. The molecule has 2 N–H and O–H groups in total. The quantitative estimate of drug-likeness (QED) is 0.187. The van der Waals surface area contributed by atoms with Gasteiger partial charge in [-0.15, -0.1) is 0 Å². The van der Waals surface area contributed by atoms with Crippen molar-refractivity contribution in [2.75, 3.05) is 0 Å². The second kappa shape index (κ2) is 16.1. The number of carbonyl (C=O) groups excluding carboxylic acids is 2. The van der Waals surface area contributed by atoms with Gasteiger partial charge in [0, 0.05) is 31.2 Å². The molecular formula is C41H53NO5. The van der Waals surface area contributed by atoms with Crippen molar-refractivity contribution in [1.82, 2.24) is 4.90 Å². The standard InChI is InChI=1S/C41H53NO5/c1-41(2,3)38(45)26-33(24-29-12-6-4-7-13-29)36(43)22-23-39(46)42(40-35-17-11-10-16-32(35)25-37(40)44)27-30-18-20-34(21-19-30)47-28-31-14-8-5-9-15-31/h5,8-11,14-21,29,33,36-37,40,43-44H,4,6-7,12-13,22-28H2,1-3H3/t33-,36+,37-,40+/m1/s1. The smallest absolute Gasteiger partial charge is 0.223 e. The summed E-state index contributed by atoms with van der Waals surface area (Å²) in [6.07, 6.45) is 6.63. The van der Waals surface area contributed by atoms with E-state index in [4.69, 9.17) is 4.74 Å². The number of Topliss-reactive ketones (excluding diaryl/α,β-unsaturated/α-hetero) is 1. The molecule has 0 aromatic heterocycles. The molecule has 1 fully saturated rings. The van der Waals surface area contributed by atoms with Crippen LogP contribution in [0.4, 0.5) is 0 Å². The van der Waals surface area contributed by atoms with Gasteiger partial charge in [0.1, 0.15) is 18.1 Å². The van der Waals surface area contributed by atoms with E-state index in [0.717, 1.165) is 47.3 Å². The topological polar surface area (TPSA) is 87.1 Å². The summed E-state index contributed by atoms with van der Waals surface area (Å²) < 4.78 is 5.98. The molecule has 252 valence electrons. The van der Waals surface area contributed by atoms with Crippen molar-refractivity contribution in [1.29, 1.82) is 0 Å². The Morgan fingerprint density at radius 2 is 1.57 bits per heavy atom. The van der Waals surface area contributed by atoms with Gasteiger partial charge in [0.15, 0.2) is 0 Å². The summed E-state index contributed by atoms with van der Waals surface area (Å²) in [7, 11) is 0. The van der Waals surface area contributed by atoms with Gasteiger partial charge in [0.25, 0.3) is 0 Å². The van der Waals surface area contributed by atoms with E-state index in [9.17, 15) is 19.8 Å². The van der Waals surface area contributed by atoms with Crippen LogP contribution in [0.25, 0.3) is 0 Å². The van der Waals surface area contributed by atoms with Crippen LogP contribution in [0.3, 0.4) is 0 Å². The third kappa shape index (κ3) is 9.55. The van der Waals surface area contributed by atoms with Gasteiger partial charge in [-0.25, -0.2) is 0 Å². The first-order chi connectivity index (χ1) is 22.6. The number of aliphatic hydroxyl groups is 2. The van der Waals surface area contributed by atoms with Gasteiger partial charge in [-0.3, -0.25) is 9.59 Å². The lowest BCUT2D eigenvalue weighted by Gasteiger charge is -2.34. The first-order valence-corrected chi connectivity index (χ1v) is 17.6. The van der Waals surface area contributed by atoms with Crippen molar-refractivity contribution in [3.63, 3.8) is 0 Å². The Morgan fingerprint density at radius 1 is 0.894 bits per heavy atom. The highest BCUT2D eigenvalue weighted by Gasteiger charge is 2.38. The van der Waals surface area contributed by atoms with E-state index in [1.54, 1.807) is 4.90 Å². The predicted molar refractivity (Wildman–Crippen MR) is 186 cm³/mol. The van der Waals surface area contributed by atoms with Crippen LogP contribution in [-0.4, -0.2) is 39.0 Å². The Hall–Kier alpha value is -3.48. The van der Waals surface area contributed by atoms with Crippen molar-refractivity contribution in [2.24, 2.45) is 17.3 Å². The monoisotopic (exact) mass is 639 g/mol. The molecule has 5 rings (SSSR count). The molecule has 3 aromatic carbocycles. The average Bonchev–Trinajstić information content (AvgIpc) is 3.41. The highest BCUT2D eigenvalue weighted by molar-refractivity contribution is 5.84. The van der Waals surface area contributed by atoms with Crippen LogP contribution in [0.2, 0.25) is 0 Å². The second-order valence-electron chi connectivity index (χ2n) is 14.8. The summed E-state index contributed by atoms with van der Waals surface area (Å²) in [5.41, 5.74) is 3.59. The minimum absolute atomic E-state index is 0.104. The zero-order valence-corrected chi connectivity index (χ0v) is 28.4. The maximum absolute atomic E-state index is 14.1. The summed E-state index contributed by atoms with van der Waals surface area (Å²) in [4.78, 5) is 29.0. The number of aliphatic hydroxyl groups excluding tert-OH is 2. The summed E-state index contributed by atoms with van der Waals surface area (Å²) in [5.74, 6) is 1.17. The fraction of sp³-hybridized carbons (Fsp3) is 0.512. The molecule has 6 nitrogen and oxygen atoms in total. The molecule has 0 radical (unpaired) electrons. The van der Waals surface area contributed by atoms with Crippen LogP contribution >= 0.6 is 0 Å². The molecule has 1 amide bonds. The normalized spacial score (nSPS) is 19.5. The number of nitrogens with zero attached hydrogens (tertiary/aromatic N) is 1. The minimum Gasteiger partial charge on any atom is -0.489 e. The third-order valence-corrected chi connectivity index (χ3v) is 10.2. The van der Waals surface area contributed by atoms with Gasteiger partial charge >= 0.3 is 0 Å². The van der Waals surface area contributed by atoms with E-state index >= 15 is 0 Å². The molecule has 0 unspecified atom stereocenters. The van der Waals surface area contributed by atoms with E-state index in [0.29, 0.717) is 38.3 Å². The Labute approximate surface area is 281 Å². The van der Waals surface area contributed by atoms with Crippen molar-refractivity contribution in [2.45, 2.75) is 116 Å². The van der Waals surface area contributed by atoms with Gasteiger partial charge in [0.2, 0.25) is 5.91 Å². The van der Waals surface area contributed by atoms with Gasteiger partial charge in [-0.1, -0.05) is 120 Å². The van der Waals surface area contributed by atoms with Crippen LogP contribution in [0.5, 0.6) is 5.75 Å². The fourth-order valence-corrected chi connectivity index (χ4v) is 7.32. The number of amides is 1. The number of rotatable bonds is 14. The lowest BCUT2D eigenvalue weighted by Crippen LogP contribution is -2.39. The van der Waals surface area contributed by atoms with E-state index < -0.39 is 23.7 Å². The molecule has 47 heavy (non-hydrogen) atoms. The average molecular weight is 640 g/mol. The van der Waals surface area contributed by atoms with Crippen LogP contribution < -0.4 is 4.74 Å². The van der Waals surface area contributed by atoms with Gasteiger partial charge in [-0.2, -0.15) is 0 Å². The summed E-state index contributed by atoms with van der Waals surface area (Å²) in [5, 5.41) is 22.8. The fourth-order valence-electron chi connectivity index (χ4n) is 7.32. The van der Waals surface area contributed by atoms with Crippen LogP contribution in [0.15, 0.2) is 78.9 Å². The van der Waals surface area contributed by atoms with Crippen LogP contribution in [0.1, 0.15) is 107 Å². The highest BCUT2D eigenvalue weighted by atomic mass is 16.5. The maximum Gasteiger partial charge on any atom is 0.223 e. The van der Waals surface area contributed by atoms with Gasteiger partial charge in [0.05, 0.1) is 18.2 Å². The summed E-state index contributed by atoms with van der Waals surface area (Å²) >= 11 is 0. The van der Waals surface area contributed by atoms with E-state index in [1.165, 1.54) is 19.3 Å². The van der Waals surface area contributed by atoms with Crippen molar-refractivity contribution in [3.8, 4) is 5.75 Å². The van der Waals surface area contributed by atoms with Crippen molar-refractivity contribution in [3.05, 3.63) is 101 Å².